The minimum absolute atomic E-state index is 0.217. The summed E-state index contributed by atoms with van der Waals surface area (Å²) in [6, 6.07) is 26.0. The number of benzene rings is 4. The minimum Gasteiger partial charge on any atom is -0.455 e. The predicted molar refractivity (Wildman–Crippen MR) is 152 cm³/mol. The molecule has 0 aliphatic heterocycles. The van der Waals surface area contributed by atoms with Crippen molar-refractivity contribution in [2.45, 2.75) is 19.4 Å². The normalized spacial score (nSPS) is 11.4. The van der Waals surface area contributed by atoms with E-state index >= 15 is 0 Å². The van der Waals surface area contributed by atoms with Crippen molar-refractivity contribution >= 4 is 34.4 Å². The van der Waals surface area contributed by atoms with E-state index in [1.165, 1.54) is 12.1 Å². The Hall–Kier alpha value is -4.42. The van der Waals surface area contributed by atoms with Crippen molar-refractivity contribution in [2.75, 3.05) is 7.05 Å². The average Bonchev–Trinajstić information content (AvgIpc) is 3.32. The maximum atomic E-state index is 13.5. The molecule has 0 saturated carbocycles. The number of halogens is 2. The number of carbonyl (C=O) groups excluding carboxylic acids is 2. The van der Waals surface area contributed by atoms with Gasteiger partial charge in [0, 0.05) is 28.6 Å². The Morgan fingerprint density at radius 3 is 2.18 bits per heavy atom. The minimum atomic E-state index is -0.619. The van der Waals surface area contributed by atoms with Crippen LogP contribution in [0.4, 0.5) is 4.39 Å². The molecule has 2 amide bonds. The summed E-state index contributed by atoms with van der Waals surface area (Å²) in [5.74, 6) is -0.549. The van der Waals surface area contributed by atoms with Crippen molar-refractivity contribution < 1.29 is 18.4 Å². The predicted octanol–water partition coefficient (Wildman–Crippen LogP) is 7.58. The number of carbonyl (C=O) groups is 2. The summed E-state index contributed by atoms with van der Waals surface area (Å²) < 4.78 is 19.6. The van der Waals surface area contributed by atoms with Gasteiger partial charge in [-0.2, -0.15) is 0 Å². The fraction of sp³-hybridized carbons (Fsp3) is 0.125. The van der Waals surface area contributed by atoms with E-state index in [2.05, 4.69) is 10.6 Å². The molecule has 5 rings (SSSR count). The van der Waals surface area contributed by atoms with Crippen molar-refractivity contribution in [1.82, 2.24) is 10.6 Å². The number of nitrogens with one attached hydrogen (secondary N) is 2. The second-order valence-corrected chi connectivity index (χ2v) is 10.2. The molecule has 0 aliphatic rings. The summed E-state index contributed by atoms with van der Waals surface area (Å²) >= 11 is 6.02. The number of fused-ring (bicyclic) bond motifs is 1. The molecule has 0 spiro atoms. The van der Waals surface area contributed by atoms with E-state index in [1.807, 2.05) is 56.3 Å². The van der Waals surface area contributed by atoms with Crippen LogP contribution in [0.25, 0.3) is 33.4 Å². The first kappa shape index (κ1) is 26.2. The molecule has 0 bridgehead atoms. The standard InChI is InChI=1S/C32H26ClFN2O3/c1-32(2,23-10-12-24(33)13-11-23)36-30(37)22-6-4-5-20(17-22)21-9-16-27-26(18-21)28(31(38)35-3)29(39-27)19-7-14-25(34)15-8-19/h4-18H,1-3H3,(H,35,38)(H,36,37). The number of amides is 2. The highest BCUT2D eigenvalue weighted by Gasteiger charge is 2.24. The fourth-order valence-electron chi connectivity index (χ4n) is 4.57. The zero-order valence-electron chi connectivity index (χ0n) is 21.6. The van der Waals surface area contributed by atoms with E-state index in [0.29, 0.717) is 38.4 Å². The molecule has 0 atom stereocenters. The smallest absolute Gasteiger partial charge is 0.255 e. The van der Waals surface area contributed by atoms with Crippen molar-refractivity contribution in [1.29, 1.82) is 0 Å². The third kappa shape index (κ3) is 5.29. The maximum absolute atomic E-state index is 13.5. The molecular formula is C32H26ClFN2O3. The lowest BCUT2D eigenvalue weighted by molar-refractivity contribution is 0.0910. The Labute approximate surface area is 230 Å². The molecule has 0 aliphatic carbocycles. The number of rotatable bonds is 6. The van der Waals surface area contributed by atoms with Gasteiger partial charge in [-0.15, -0.1) is 0 Å². The van der Waals surface area contributed by atoms with Crippen LogP contribution < -0.4 is 10.6 Å². The van der Waals surface area contributed by atoms with Crippen LogP contribution in [0.3, 0.4) is 0 Å². The lowest BCUT2D eigenvalue weighted by Gasteiger charge is -2.27. The quantitative estimate of drug-likeness (QED) is 0.233. The van der Waals surface area contributed by atoms with Crippen LogP contribution in [0.15, 0.2) is 95.4 Å². The van der Waals surface area contributed by atoms with Gasteiger partial charge in [0.05, 0.1) is 11.1 Å². The molecule has 39 heavy (non-hydrogen) atoms. The van der Waals surface area contributed by atoms with E-state index in [0.717, 1.165) is 16.7 Å². The summed E-state index contributed by atoms with van der Waals surface area (Å²) in [5, 5.41) is 7.01. The van der Waals surface area contributed by atoms with Gasteiger partial charge >= 0.3 is 0 Å². The van der Waals surface area contributed by atoms with Crippen molar-refractivity contribution in [3.8, 4) is 22.5 Å². The largest absolute Gasteiger partial charge is 0.455 e. The van der Waals surface area contributed by atoms with Gasteiger partial charge in [0.2, 0.25) is 0 Å². The summed E-state index contributed by atoms with van der Waals surface area (Å²) in [7, 11) is 1.55. The highest BCUT2D eigenvalue weighted by molar-refractivity contribution is 6.30. The molecule has 0 fully saturated rings. The van der Waals surface area contributed by atoms with Crippen LogP contribution in [0, 0.1) is 5.82 Å². The van der Waals surface area contributed by atoms with Crippen molar-refractivity contribution in [2.24, 2.45) is 0 Å². The van der Waals surface area contributed by atoms with Crippen molar-refractivity contribution in [3.63, 3.8) is 0 Å². The van der Waals surface area contributed by atoms with Crippen molar-refractivity contribution in [3.05, 3.63) is 119 Å². The lowest BCUT2D eigenvalue weighted by Crippen LogP contribution is -2.40. The summed E-state index contributed by atoms with van der Waals surface area (Å²) in [6.45, 7) is 3.87. The van der Waals surface area contributed by atoms with Crippen LogP contribution in [-0.4, -0.2) is 18.9 Å². The molecule has 0 saturated heterocycles. The second kappa shape index (κ2) is 10.4. The zero-order valence-corrected chi connectivity index (χ0v) is 22.4. The van der Waals surface area contributed by atoms with Gasteiger partial charge in [-0.25, -0.2) is 4.39 Å². The SMILES string of the molecule is CNC(=O)c1c(-c2ccc(F)cc2)oc2ccc(-c3cccc(C(=O)NC(C)(C)c4ccc(Cl)cc4)c3)cc12. The highest BCUT2D eigenvalue weighted by atomic mass is 35.5. The molecule has 1 aromatic heterocycles. The van der Waals surface area contributed by atoms with E-state index in [1.54, 1.807) is 43.4 Å². The average molecular weight is 541 g/mol. The van der Waals surface area contributed by atoms with Gasteiger partial charge < -0.3 is 15.1 Å². The molecular weight excluding hydrogens is 515 g/mol. The van der Waals surface area contributed by atoms with Gasteiger partial charge in [0.25, 0.3) is 11.8 Å². The Balaban J connectivity index is 1.50. The molecule has 0 unspecified atom stereocenters. The first-order valence-corrected chi connectivity index (χ1v) is 12.8. The Morgan fingerprint density at radius 2 is 1.49 bits per heavy atom. The van der Waals surface area contributed by atoms with Gasteiger partial charge in [-0.3, -0.25) is 9.59 Å². The Bertz CT molecular complexity index is 1690. The summed E-state index contributed by atoms with van der Waals surface area (Å²) in [4.78, 5) is 26.1. The number of furan rings is 1. The molecule has 5 aromatic rings. The van der Waals surface area contributed by atoms with Crippen LogP contribution >= 0.6 is 11.6 Å². The third-order valence-corrected chi connectivity index (χ3v) is 6.95. The second-order valence-electron chi connectivity index (χ2n) is 9.77. The molecule has 1 heterocycles. The third-order valence-electron chi connectivity index (χ3n) is 6.70. The number of hydrogen-bond acceptors (Lipinski definition) is 3. The van der Waals surface area contributed by atoms with Gasteiger partial charge in [0.1, 0.15) is 17.2 Å². The monoisotopic (exact) mass is 540 g/mol. The Morgan fingerprint density at radius 1 is 0.821 bits per heavy atom. The fourth-order valence-corrected chi connectivity index (χ4v) is 4.69. The zero-order chi connectivity index (χ0) is 27.7. The highest BCUT2D eigenvalue weighted by Crippen LogP contribution is 2.36. The van der Waals surface area contributed by atoms with E-state index < -0.39 is 5.54 Å². The first-order valence-electron chi connectivity index (χ1n) is 12.4. The molecule has 7 heteroatoms. The molecule has 4 aromatic carbocycles. The first-order chi connectivity index (χ1) is 18.7. The van der Waals surface area contributed by atoms with Gasteiger partial charge in [0.15, 0.2) is 0 Å². The topological polar surface area (TPSA) is 71.3 Å². The van der Waals surface area contributed by atoms with Crippen LogP contribution in [-0.2, 0) is 5.54 Å². The summed E-state index contributed by atoms with van der Waals surface area (Å²) in [6.07, 6.45) is 0. The molecule has 196 valence electrons. The maximum Gasteiger partial charge on any atom is 0.255 e. The van der Waals surface area contributed by atoms with Gasteiger partial charge in [-0.1, -0.05) is 41.9 Å². The molecule has 0 radical (unpaired) electrons. The van der Waals surface area contributed by atoms with Crippen LogP contribution in [0.1, 0.15) is 40.1 Å². The van der Waals surface area contributed by atoms with E-state index in [4.69, 9.17) is 16.0 Å². The lowest BCUT2D eigenvalue weighted by atomic mass is 9.93. The summed E-state index contributed by atoms with van der Waals surface area (Å²) in [5.41, 5.74) is 3.91. The molecule has 5 nitrogen and oxygen atoms in total. The van der Waals surface area contributed by atoms with Gasteiger partial charge in [-0.05, 0) is 91.2 Å². The van der Waals surface area contributed by atoms with E-state index in [9.17, 15) is 14.0 Å². The van der Waals surface area contributed by atoms with Crippen LogP contribution in [0.2, 0.25) is 5.02 Å². The van der Waals surface area contributed by atoms with E-state index in [-0.39, 0.29) is 17.6 Å². The van der Waals surface area contributed by atoms with Crippen LogP contribution in [0.5, 0.6) is 0 Å². The Kier molecular flexibility index (Phi) is 6.98. The molecule has 2 N–H and O–H groups in total. The number of hydrogen-bond donors (Lipinski definition) is 2.